The molecular formula is C22H18N2O. The first-order valence-corrected chi connectivity index (χ1v) is 8.42. The summed E-state index contributed by atoms with van der Waals surface area (Å²) in [6.45, 7) is 2.11. The minimum Gasteiger partial charge on any atom is -0.303 e. The molecule has 2 unspecified atom stereocenters. The molecule has 0 spiro atoms. The van der Waals surface area contributed by atoms with Crippen molar-refractivity contribution >= 4 is 28.1 Å². The quantitative estimate of drug-likeness (QED) is 0.503. The zero-order chi connectivity index (χ0) is 17.2. The molecule has 2 aromatic carbocycles. The van der Waals surface area contributed by atoms with Gasteiger partial charge in [-0.05, 0) is 41.3 Å². The van der Waals surface area contributed by atoms with Crippen molar-refractivity contribution in [2.75, 3.05) is 0 Å². The number of rotatable bonds is 4. The highest BCUT2D eigenvalue weighted by Crippen LogP contribution is 2.36. The SMILES string of the molecule is CC(c1ccnc2ccccc12)C(C=O)c1ccnc2ccccc12. The fourth-order valence-electron chi connectivity index (χ4n) is 3.58. The van der Waals surface area contributed by atoms with E-state index >= 15 is 0 Å². The number of pyridine rings is 2. The lowest BCUT2D eigenvalue weighted by atomic mass is 9.81. The van der Waals surface area contributed by atoms with Gasteiger partial charge in [0, 0.05) is 29.1 Å². The number of carbonyl (C=O) groups is 1. The Morgan fingerprint density at radius 3 is 1.88 bits per heavy atom. The van der Waals surface area contributed by atoms with Gasteiger partial charge in [-0.15, -0.1) is 0 Å². The highest BCUT2D eigenvalue weighted by atomic mass is 16.1. The lowest BCUT2D eigenvalue weighted by Crippen LogP contribution is -2.11. The Morgan fingerprint density at radius 1 is 0.760 bits per heavy atom. The molecule has 0 saturated heterocycles. The molecule has 3 nitrogen and oxygen atoms in total. The second-order valence-corrected chi connectivity index (χ2v) is 6.29. The van der Waals surface area contributed by atoms with Crippen LogP contribution in [0.5, 0.6) is 0 Å². The summed E-state index contributed by atoms with van der Waals surface area (Å²) in [4.78, 5) is 20.9. The van der Waals surface area contributed by atoms with Gasteiger partial charge in [0.15, 0.2) is 0 Å². The van der Waals surface area contributed by atoms with E-state index in [0.717, 1.165) is 39.2 Å². The Bertz CT molecular complexity index is 1050. The van der Waals surface area contributed by atoms with E-state index in [1.807, 2.05) is 60.8 Å². The molecule has 0 amide bonds. The fourth-order valence-corrected chi connectivity index (χ4v) is 3.58. The highest BCUT2D eigenvalue weighted by molar-refractivity contribution is 5.87. The average Bonchev–Trinajstić information content (AvgIpc) is 2.68. The Labute approximate surface area is 146 Å². The van der Waals surface area contributed by atoms with Gasteiger partial charge in [0.1, 0.15) is 6.29 Å². The fraction of sp³-hybridized carbons (Fsp3) is 0.136. The van der Waals surface area contributed by atoms with E-state index in [1.165, 1.54) is 0 Å². The lowest BCUT2D eigenvalue weighted by Gasteiger charge is -2.22. The first-order valence-electron chi connectivity index (χ1n) is 8.42. The van der Waals surface area contributed by atoms with E-state index in [2.05, 4.69) is 23.0 Å². The lowest BCUT2D eigenvalue weighted by molar-refractivity contribution is -0.109. The summed E-state index contributed by atoms with van der Waals surface area (Å²) in [6.07, 6.45) is 4.66. The molecule has 0 radical (unpaired) electrons. The molecule has 2 aromatic heterocycles. The first-order chi connectivity index (χ1) is 12.3. The summed E-state index contributed by atoms with van der Waals surface area (Å²) in [5, 5.41) is 2.13. The summed E-state index contributed by atoms with van der Waals surface area (Å²) >= 11 is 0. The van der Waals surface area contributed by atoms with E-state index in [4.69, 9.17) is 0 Å². The normalized spacial score (nSPS) is 13.6. The van der Waals surface area contributed by atoms with Crippen molar-refractivity contribution in [3.63, 3.8) is 0 Å². The van der Waals surface area contributed by atoms with Crippen molar-refractivity contribution in [3.05, 3.63) is 84.2 Å². The zero-order valence-electron chi connectivity index (χ0n) is 14.0. The second kappa shape index (κ2) is 6.44. The van der Waals surface area contributed by atoms with Gasteiger partial charge in [-0.25, -0.2) is 0 Å². The topological polar surface area (TPSA) is 42.9 Å². The van der Waals surface area contributed by atoms with Gasteiger partial charge >= 0.3 is 0 Å². The zero-order valence-corrected chi connectivity index (χ0v) is 14.0. The Hall–Kier alpha value is -3.07. The molecule has 0 aliphatic rings. The molecule has 2 heterocycles. The van der Waals surface area contributed by atoms with Crippen LogP contribution < -0.4 is 0 Å². The monoisotopic (exact) mass is 326 g/mol. The predicted octanol–water partition coefficient (Wildman–Crippen LogP) is 4.87. The molecule has 0 N–H and O–H groups in total. The Morgan fingerprint density at radius 2 is 1.28 bits per heavy atom. The molecular weight excluding hydrogens is 308 g/mol. The summed E-state index contributed by atoms with van der Waals surface area (Å²) in [5.41, 5.74) is 4.03. The molecule has 3 heteroatoms. The maximum atomic E-state index is 12.1. The van der Waals surface area contributed by atoms with Crippen molar-refractivity contribution in [1.82, 2.24) is 9.97 Å². The van der Waals surface area contributed by atoms with E-state index < -0.39 is 0 Å². The summed E-state index contributed by atoms with van der Waals surface area (Å²) in [7, 11) is 0. The van der Waals surface area contributed by atoms with Crippen molar-refractivity contribution < 1.29 is 4.79 Å². The molecule has 0 aliphatic carbocycles. The Balaban J connectivity index is 1.87. The van der Waals surface area contributed by atoms with Crippen LogP contribution >= 0.6 is 0 Å². The average molecular weight is 326 g/mol. The molecule has 2 atom stereocenters. The van der Waals surface area contributed by atoms with Crippen LogP contribution in [-0.2, 0) is 4.79 Å². The second-order valence-electron chi connectivity index (χ2n) is 6.29. The molecule has 122 valence electrons. The number of hydrogen-bond acceptors (Lipinski definition) is 3. The Kier molecular flexibility index (Phi) is 3.98. The van der Waals surface area contributed by atoms with Crippen molar-refractivity contribution in [2.24, 2.45) is 0 Å². The van der Waals surface area contributed by atoms with Crippen LogP contribution in [0.2, 0.25) is 0 Å². The number of fused-ring (bicyclic) bond motifs is 2. The number of aromatic nitrogens is 2. The maximum Gasteiger partial charge on any atom is 0.128 e. The summed E-state index contributed by atoms with van der Waals surface area (Å²) in [6, 6.07) is 20.0. The standard InChI is InChI=1S/C22H18N2O/c1-15(16-10-12-23-21-8-4-2-6-18(16)21)20(14-25)17-11-13-24-22-9-5-3-7-19(17)22/h2-15,20H,1H3. The number of aldehydes is 1. The van der Waals surface area contributed by atoms with Crippen LogP contribution in [0.3, 0.4) is 0 Å². The van der Waals surface area contributed by atoms with Crippen LogP contribution in [0, 0.1) is 0 Å². The van der Waals surface area contributed by atoms with Gasteiger partial charge in [-0.2, -0.15) is 0 Å². The molecule has 25 heavy (non-hydrogen) atoms. The smallest absolute Gasteiger partial charge is 0.128 e. The third kappa shape index (κ3) is 2.68. The van der Waals surface area contributed by atoms with Gasteiger partial charge in [-0.3, -0.25) is 9.97 Å². The molecule has 0 fully saturated rings. The number of carbonyl (C=O) groups excluding carboxylic acids is 1. The highest BCUT2D eigenvalue weighted by Gasteiger charge is 2.23. The van der Waals surface area contributed by atoms with Gasteiger partial charge in [0.05, 0.1) is 11.0 Å². The van der Waals surface area contributed by atoms with Crippen LogP contribution in [0.4, 0.5) is 0 Å². The van der Waals surface area contributed by atoms with Gasteiger partial charge in [-0.1, -0.05) is 43.3 Å². The van der Waals surface area contributed by atoms with Crippen LogP contribution in [-0.4, -0.2) is 16.3 Å². The molecule has 4 aromatic rings. The van der Waals surface area contributed by atoms with E-state index in [1.54, 1.807) is 6.20 Å². The van der Waals surface area contributed by atoms with E-state index in [0.29, 0.717) is 0 Å². The summed E-state index contributed by atoms with van der Waals surface area (Å²) < 4.78 is 0. The third-order valence-electron chi connectivity index (χ3n) is 4.90. The first kappa shape index (κ1) is 15.5. The van der Waals surface area contributed by atoms with Gasteiger partial charge in [0.2, 0.25) is 0 Å². The van der Waals surface area contributed by atoms with Crippen LogP contribution in [0.25, 0.3) is 21.8 Å². The van der Waals surface area contributed by atoms with Crippen LogP contribution in [0.1, 0.15) is 29.9 Å². The minimum absolute atomic E-state index is 0.0382. The minimum atomic E-state index is -0.237. The molecule has 0 aliphatic heterocycles. The van der Waals surface area contributed by atoms with Crippen LogP contribution in [0.15, 0.2) is 73.1 Å². The maximum absolute atomic E-state index is 12.1. The molecule has 0 bridgehead atoms. The van der Waals surface area contributed by atoms with E-state index in [-0.39, 0.29) is 11.8 Å². The van der Waals surface area contributed by atoms with Crippen molar-refractivity contribution in [3.8, 4) is 0 Å². The molecule has 4 rings (SSSR count). The van der Waals surface area contributed by atoms with Gasteiger partial charge in [0.25, 0.3) is 0 Å². The number of hydrogen-bond donors (Lipinski definition) is 0. The molecule has 0 saturated carbocycles. The number of benzene rings is 2. The number of nitrogens with zero attached hydrogens (tertiary/aromatic N) is 2. The largest absolute Gasteiger partial charge is 0.303 e. The summed E-state index contributed by atoms with van der Waals surface area (Å²) in [5.74, 6) is -0.199. The van der Waals surface area contributed by atoms with E-state index in [9.17, 15) is 4.79 Å². The van der Waals surface area contributed by atoms with Gasteiger partial charge < -0.3 is 4.79 Å². The third-order valence-corrected chi connectivity index (χ3v) is 4.90. The number of para-hydroxylation sites is 2. The predicted molar refractivity (Wildman–Crippen MR) is 101 cm³/mol. The van der Waals surface area contributed by atoms with Crippen molar-refractivity contribution in [1.29, 1.82) is 0 Å². The van der Waals surface area contributed by atoms with Crippen molar-refractivity contribution in [2.45, 2.75) is 18.8 Å².